The van der Waals surface area contributed by atoms with E-state index in [1.807, 2.05) is 27.7 Å². The van der Waals surface area contributed by atoms with E-state index in [1.165, 1.54) is 0 Å². The number of hydrogen-bond donors (Lipinski definition) is 0. The Bertz CT molecular complexity index is 280. The summed E-state index contributed by atoms with van der Waals surface area (Å²) in [7, 11) is 0. The van der Waals surface area contributed by atoms with Crippen LogP contribution < -0.4 is 0 Å². The maximum Gasteiger partial charge on any atom is 0.410 e. The van der Waals surface area contributed by atoms with Crippen molar-refractivity contribution in [2.45, 2.75) is 51.8 Å². The summed E-state index contributed by atoms with van der Waals surface area (Å²) < 4.78 is 24.6. The van der Waals surface area contributed by atoms with Gasteiger partial charge in [-0.3, -0.25) is 0 Å². The Kier molecular flexibility index (Phi) is 4.96. The number of carbonyl (C=O) groups is 1. The predicted molar refractivity (Wildman–Crippen MR) is 67.4 cm³/mol. The van der Waals surface area contributed by atoms with Crippen LogP contribution in [0.5, 0.6) is 0 Å². The number of rotatable bonds is 3. The lowest BCUT2D eigenvalue weighted by Gasteiger charge is -2.36. The quantitative estimate of drug-likeness (QED) is 0.784. The number of nitrogens with zero attached hydrogens (tertiary/aromatic N) is 1. The van der Waals surface area contributed by atoms with E-state index >= 15 is 0 Å². The maximum atomic E-state index is 14.2. The van der Waals surface area contributed by atoms with Crippen molar-refractivity contribution >= 4 is 6.09 Å². The molecule has 1 aliphatic heterocycles. The van der Waals surface area contributed by atoms with E-state index in [2.05, 4.69) is 0 Å². The topological polar surface area (TPSA) is 38.8 Å². The SMILES string of the molecule is CCOCC1(F)CCN(C(=O)OC(C)(C)C)CC1. The molecule has 1 amide bonds. The molecular formula is C13H24FNO3. The average molecular weight is 261 g/mol. The third-order valence-electron chi connectivity index (χ3n) is 2.88. The smallest absolute Gasteiger partial charge is 0.410 e. The van der Waals surface area contributed by atoms with E-state index in [0.717, 1.165) is 0 Å². The highest BCUT2D eigenvalue weighted by Gasteiger charge is 2.37. The Hall–Kier alpha value is -0.840. The lowest BCUT2D eigenvalue weighted by molar-refractivity contribution is -0.0307. The Morgan fingerprint density at radius 2 is 1.89 bits per heavy atom. The Morgan fingerprint density at radius 1 is 1.33 bits per heavy atom. The molecule has 0 radical (unpaired) electrons. The fourth-order valence-electron chi connectivity index (χ4n) is 1.85. The number of hydrogen-bond acceptors (Lipinski definition) is 3. The molecule has 0 aliphatic carbocycles. The van der Waals surface area contributed by atoms with Gasteiger partial charge in [-0.2, -0.15) is 0 Å². The first-order chi connectivity index (χ1) is 8.26. The summed E-state index contributed by atoms with van der Waals surface area (Å²) in [6, 6.07) is 0. The van der Waals surface area contributed by atoms with Crippen molar-refractivity contribution in [2.75, 3.05) is 26.3 Å². The zero-order chi connectivity index (χ0) is 13.8. The highest BCUT2D eigenvalue weighted by molar-refractivity contribution is 5.68. The lowest BCUT2D eigenvalue weighted by Crippen LogP contribution is -2.48. The average Bonchev–Trinajstić information content (AvgIpc) is 2.25. The van der Waals surface area contributed by atoms with Crippen LogP contribution >= 0.6 is 0 Å². The molecule has 0 aromatic heterocycles. The molecule has 5 heteroatoms. The van der Waals surface area contributed by atoms with Crippen molar-refractivity contribution in [3.05, 3.63) is 0 Å². The molecule has 0 saturated carbocycles. The van der Waals surface area contributed by atoms with E-state index in [4.69, 9.17) is 9.47 Å². The van der Waals surface area contributed by atoms with Crippen LogP contribution in [0.25, 0.3) is 0 Å². The molecule has 4 nitrogen and oxygen atoms in total. The van der Waals surface area contributed by atoms with E-state index in [9.17, 15) is 9.18 Å². The van der Waals surface area contributed by atoms with Gasteiger partial charge in [-0.1, -0.05) is 0 Å². The van der Waals surface area contributed by atoms with Gasteiger partial charge in [-0.15, -0.1) is 0 Å². The number of alkyl halides is 1. The summed E-state index contributed by atoms with van der Waals surface area (Å²) in [6.45, 7) is 8.72. The summed E-state index contributed by atoms with van der Waals surface area (Å²) in [6.07, 6.45) is 0.263. The van der Waals surface area contributed by atoms with Gasteiger partial charge >= 0.3 is 6.09 Å². The third-order valence-corrected chi connectivity index (χ3v) is 2.88. The molecule has 1 heterocycles. The van der Waals surface area contributed by atoms with Crippen LogP contribution in [0.4, 0.5) is 9.18 Å². The minimum atomic E-state index is -1.30. The van der Waals surface area contributed by atoms with Crippen LogP contribution in [0.1, 0.15) is 40.5 Å². The van der Waals surface area contributed by atoms with Gasteiger partial charge in [0.2, 0.25) is 0 Å². The normalized spacial score (nSPS) is 19.7. The first-order valence-corrected chi connectivity index (χ1v) is 6.50. The summed E-state index contributed by atoms with van der Waals surface area (Å²) in [5, 5.41) is 0. The van der Waals surface area contributed by atoms with Gasteiger partial charge in [0.05, 0.1) is 6.61 Å². The summed E-state index contributed by atoms with van der Waals surface area (Å²) in [5.74, 6) is 0. The Labute approximate surface area is 108 Å². The standard InChI is InChI=1S/C13H24FNO3/c1-5-17-10-13(14)6-8-15(9-7-13)11(16)18-12(2,3)4/h5-10H2,1-4H3. The summed E-state index contributed by atoms with van der Waals surface area (Å²) in [5.41, 5.74) is -1.80. The van der Waals surface area contributed by atoms with Crippen molar-refractivity contribution in [1.29, 1.82) is 0 Å². The number of carbonyl (C=O) groups excluding carboxylic acids is 1. The number of ether oxygens (including phenoxy) is 2. The van der Waals surface area contributed by atoms with Gasteiger partial charge in [0.15, 0.2) is 0 Å². The van der Waals surface area contributed by atoms with Crippen LogP contribution in [0.2, 0.25) is 0 Å². The van der Waals surface area contributed by atoms with E-state index in [1.54, 1.807) is 4.90 Å². The molecule has 0 aromatic rings. The van der Waals surface area contributed by atoms with E-state index < -0.39 is 11.3 Å². The molecule has 0 N–H and O–H groups in total. The highest BCUT2D eigenvalue weighted by atomic mass is 19.1. The molecule has 0 unspecified atom stereocenters. The molecule has 0 atom stereocenters. The van der Waals surface area contributed by atoms with Gasteiger partial charge in [0, 0.05) is 32.5 Å². The monoisotopic (exact) mass is 261 g/mol. The molecule has 1 aliphatic rings. The zero-order valence-electron chi connectivity index (χ0n) is 11.8. The first-order valence-electron chi connectivity index (χ1n) is 6.50. The van der Waals surface area contributed by atoms with Gasteiger partial charge < -0.3 is 14.4 Å². The number of likely N-dealkylation sites (tertiary alicyclic amines) is 1. The maximum absolute atomic E-state index is 14.2. The largest absolute Gasteiger partial charge is 0.444 e. The third kappa shape index (κ3) is 4.80. The van der Waals surface area contributed by atoms with Crippen LogP contribution in [-0.4, -0.2) is 48.6 Å². The van der Waals surface area contributed by atoms with E-state index in [-0.39, 0.29) is 12.7 Å². The molecular weight excluding hydrogens is 237 g/mol. The summed E-state index contributed by atoms with van der Waals surface area (Å²) >= 11 is 0. The highest BCUT2D eigenvalue weighted by Crippen LogP contribution is 2.27. The molecule has 0 bridgehead atoms. The summed E-state index contributed by atoms with van der Waals surface area (Å²) in [4.78, 5) is 13.4. The van der Waals surface area contributed by atoms with Crippen LogP contribution in [0.3, 0.4) is 0 Å². The Morgan fingerprint density at radius 3 is 2.33 bits per heavy atom. The van der Waals surface area contributed by atoms with Crippen molar-refractivity contribution in [1.82, 2.24) is 4.90 Å². The second kappa shape index (κ2) is 5.87. The molecule has 0 spiro atoms. The minimum absolute atomic E-state index is 0.117. The fraction of sp³-hybridized carbons (Fsp3) is 0.923. The zero-order valence-corrected chi connectivity index (χ0v) is 11.8. The number of halogens is 1. The van der Waals surface area contributed by atoms with Crippen molar-refractivity contribution in [3.63, 3.8) is 0 Å². The molecule has 1 rings (SSSR count). The van der Waals surface area contributed by atoms with Gasteiger partial charge in [-0.25, -0.2) is 9.18 Å². The second-order valence-electron chi connectivity index (χ2n) is 5.76. The van der Waals surface area contributed by atoms with Crippen molar-refractivity contribution in [3.8, 4) is 0 Å². The molecule has 1 saturated heterocycles. The van der Waals surface area contributed by atoms with Gasteiger partial charge in [-0.05, 0) is 27.7 Å². The lowest BCUT2D eigenvalue weighted by atomic mass is 9.94. The molecule has 106 valence electrons. The van der Waals surface area contributed by atoms with Crippen LogP contribution in [0, 0.1) is 0 Å². The first kappa shape index (κ1) is 15.2. The Balaban J connectivity index is 2.41. The van der Waals surface area contributed by atoms with Crippen molar-refractivity contribution < 1.29 is 18.7 Å². The van der Waals surface area contributed by atoms with Crippen LogP contribution in [-0.2, 0) is 9.47 Å². The molecule has 1 fully saturated rings. The van der Waals surface area contributed by atoms with E-state index in [0.29, 0.717) is 32.5 Å². The minimum Gasteiger partial charge on any atom is -0.444 e. The fourth-order valence-corrected chi connectivity index (χ4v) is 1.85. The van der Waals surface area contributed by atoms with Crippen molar-refractivity contribution in [2.24, 2.45) is 0 Å². The predicted octanol–water partition coefficient (Wildman–Crippen LogP) is 2.76. The molecule has 0 aromatic carbocycles. The van der Waals surface area contributed by atoms with Gasteiger partial charge in [0.25, 0.3) is 0 Å². The molecule has 18 heavy (non-hydrogen) atoms. The number of piperidine rings is 1. The second-order valence-corrected chi connectivity index (χ2v) is 5.76. The number of amides is 1. The van der Waals surface area contributed by atoms with Gasteiger partial charge in [0.1, 0.15) is 11.3 Å². The van der Waals surface area contributed by atoms with Crippen LogP contribution in [0.15, 0.2) is 0 Å².